The highest BCUT2D eigenvalue weighted by molar-refractivity contribution is 5.92. The molecule has 0 aromatic heterocycles. The van der Waals surface area contributed by atoms with Crippen molar-refractivity contribution in [1.82, 2.24) is 0 Å². The van der Waals surface area contributed by atoms with Crippen molar-refractivity contribution in [3.05, 3.63) is 230 Å². The summed E-state index contributed by atoms with van der Waals surface area (Å²) in [6.45, 7) is 16.3. The third kappa shape index (κ3) is 14.4. The van der Waals surface area contributed by atoms with Crippen molar-refractivity contribution in [2.24, 2.45) is 0 Å². The lowest BCUT2D eigenvalue weighted by Gasteiger charge is -2.23. The highest BCUT2D eigenvalue weighted by atomic mass is 16.5. The molecule has 10 aromatic rings. The van der Waals surface area contributed by atoms with Crippen LogP contribution in [0.5, 0.6) is 23.0 Å². The first kappa shape index (κ1) is 58.8. The van der Waals surface area contributed by atoms with Crippen LogP contribution in [0.15, 0.2) is 218 Å². The van der Waals surface area contributed by atoms with Gasteiger partial charge in [0, 0.05) is 33.6 Å². The van der Waals surface area contributed by atoms with E-state index < -0.39 is 0 Å². The van der Waals surface area contributed by atoms with Crippen LogP contribution in [0.3, 0.4) is 0 Å². The molecule has 86 heavy (non-hydrogen) atoms. The van der Waals surface area contributed by atoms with Crippen molar-refractivity contribution < 1.29 is 18.9 Å². The van der Waals surface area contributed by atoms with Gasteiger partial charge in [0.1, 0.15) is 23.0 Å². The quantitative estimate of drug-likeness (QED) is 0.147. The van der Waals surface area contributed by atoms with Crippen molar-refractivity contribution in [3.8, 4) is 112 Å². The van der Waals surface area contributed by atoms with Crippen molar-refractivity contribution in [2.75, 3.05) is 37.9 Å². The summed E-state index contributed by atoms with van der Waals surface area (Å²) in [7, 11) is 0. The Hall–Kier alpha value is -9.00. The monoisotopic (exact) mass is 1130 g/mol. The maximum absolute atomic E-state index is 7.12. The predicted octanol–water partition coefficient (Wildman–Crippen LogP) is 21.1. The average Bonchev–Trinajstić information content (AvgIpc) is 3.65. The molecule has 10 aromatic carbocycles. The van der Waals surface area contributed by atoms with Crippen LogP contribution in [0.25, 0.3) is 89.0 Å². The van der Waals surface area contributed by atoms with E-state index in [9.17, 15) is 0 Å². The topological polar surface area (TPSA) is 89.0 Å². The molecule has 13 aliphatic heterocycles. The van der Waals surface area contributed by atoms with Gasteiger partial charge in [-0.15, -0.1) is 0 Å². The molecular weight excluding hydrogens is 1050 g/mol. The van der Waals surface area contributed by atoms with Crippen LogP contribution in [0.2, 0.25) is 0 Å². The average molecular weight is 1140 g/mol. The Labute approximate surface area is 510 Å². The Morgan fingerprint density at radius 2 is 0.395 bits per heavy atom. The van der Waals surface area contributed by atoms with Crippen LogP contribution in [0, 0.1) is 0 Å². The molecule has 13 heterocycles. The van der Waals surface area contributed by atoms with Crippen LogP contribution >= 0.6 is 0 Å². The van der Waals surface area contributed by atoms with E-state index in [1.807, 2.05) is 0 Å². The van der Waals surface area contributed by atoms with Gasteiger partial charge < -0.3 is 30.4 Å². The lowest BCUT2D eigenvalue weighted by atomic mass is 9.82. The van der Waals surface area contributed by atoms with E-state index in [1.54, 1.807) is 0 Å². The smallest absolute Gasteiger partial charge is 0.119 e. The van der Waals surface area contributed by atoms with Gasteiger partial charge in [-0.1, -0.05) is 187 Å². The molecule has 0 aliphatic carbocycles. The fourth-order valence-corrected chi connectivity index (χ4v) is 11.3. The summed E-state index contributed by atoms with van der Waals surface area (Å²) in [5, 5.41) is 0. The Morgan fingerprint density at radius 1 is 0.233 bits per heavy atom. The van der Waals surface area contributed by atoms with Gasteiger partial charge in [0.05, 0.1) is 26.4 Å². The van der Waals surface area contributed by atoms with Crippen molar-refractivity contribution in [1.29, 1.82) is 0 Å². The molecule has 0 saturated heterocycles. The van der Waals surface area contributed by atoms with E-state index in [1.165, 1.54) is 11.1 Å². The van der Waals surface area contributed by atoms with Gasteiger partial charge in [0.25, 0.3) is 0 Å². The van der Waals surface area contributed by atoms with Gasteiger partial charge in [-0.05, 0) is 213 Å². The van der Waals surface area contributed by atoms with Crippen molar-refractivity contribution in [2.45, 2.75) is 104 Å². The van der Waals surface area contributed by atoms with Gasteiger partial charge in [0.2, 0.25) is 0 Å². The second-order valence-corrected chi connectivity index (χ2v) is 25.1. The summed E-state index contributed by atoms with van der Waals surface area (Å²) < 4.78 is 24.7. The first-order valence-electron chi connectivity index (χ1n) is 30.9. The maximum Gasteiger partial charge on any atom is 0.119 e. The van der Waals surface area contributed by atoms with Gasteiger partial charge >= 0.3 is 0 Å². The van der Waals surface area contributed by atoms with E-state index in [0.717, 1.165) is 175 Å². The van der Waals surface area contributed by atoms with Crippen LogP contribution in [-0.2, 0) is 10.8 Å². The summed E-state index contributed by atoms with van der Waals surface area (Å²) in [4.78, 5) is 0. The number of nitrogen functional groups attached to an aromatic ring is 2. The summed E-state index contributed by atoms with van der Waals surface area (Å²) in [6, 6.07) is 77.9. The molecule has 0 radical (unpaired) electrons. The van der Waals surface area contributed by atoms with E-state index >= 15 is 0 Å². The first-order chi connectivity index (χ1) is 41.7. The molecule has 0 amide bonds. The number of anilines is 2. The number of hydrogen-bond donors (Lipinski definition) is 2. The van der Waals surface area contributed by atoms with Gasteiger partial charge in [0.15, 0.2) is 0 Å². The number of rotatable bonds is 0. The molecule has 0 atom stereocenters. The van der Waals surface area contributed by atoms with E-state index in [2.05, 4.69) is 260 Å². The SMILES string of the molecule is CC(C)(C)c1cc2c(N)c(c1)-c1ccc(cc1)-c1ccc(cc1)OCCCCCCOc1ccc(cc1)-c1ccc(cc1)-c1cc(C(C)(C)C)cc(c1N)-c1ccc(cc1)-c1ccc(cc1)OCCCCCCOc1ccc(cc1)-c1ccc-2cc1. The third-order valence-corrected chi connectivity index (χ3v) is 16.8. The van der Waals surface area contributed by atoms with Crippen molar-refractivity contribution in [3.63, 3.8) is 0 Å². The predicted molar refractivity (Wildman–Crippen MR) is 362 cm³/mol. The molecule has 6 nitrogen and oxygen atoms in total. The summed E-state index contributed by atoms with van der Waals surface area (Å²) in [5.41, 5.74) is 35.8. The number of benzene rings is 10. The molecule has 4 N–H and O–H groups in total. The Morgan fingerprint density at radius 3 is 0.570 bits per heavy atom. The van der Waals surface area contributed by atoms with Gasteiger partial charge in [-0.3, -0.25) is 0 Å². The lowest BCUT2D eigenvalue weighted by Crippen LogP contribution is -2.12. The Balaban J connectivity index is 0.767. The molecule has 20 bridgehead atoms. The lowest BCUT2D eigenvalue weighted by molar-refractivity contribution is 0.287. The molecule has 0 unspecified atom stereocenters. The highest BCUT2D eigenvalue weighted by Gasteiger charge is 2.22. The van der Waals surface area contributed by atoms with Crippen LogP contribution in [-0.4, -0.2) is 26.4 Å². The standard InChI is InChI=1S/C80H82N2O4/c1-79(2,3)67-51-73-63-23-15-55(16-24-63)59-31-39-69(40-32-59)83-47-11-7-9-13-49-85-71-43-35-61(36-44-71)57-19-27-65(28-20-57)75-53-68(80(4,5)6)54-76(78(75)82)66-29-21-58(22-30-66)62-37-45-72(46-38-62)86-50-14-10-8-12-48-84-70-41-33-60(34-42-70)56-17-25-64(26-18-56)74(52-67)77(73)81/h15-46,51-54H,7-14,47-50,81-82H2,1-6H3. The number of ether oxygens (including phenoxy) is 4. The normalized spacial score (nSPS) is 13.8. The number of hydrogen-bond acceptors (Lipinski definition) is 6. The second kappa shape index (κ2) is 26.5. The fraction of sp³-hybridized carbons (Fsp3) is 0.250. The van der Waals surface area contributed by atoms with E-state index in [4.69, 9.17) is 30.4 Å². The zero-order valence-corrected chi connectivity index (χ0v) is 51.1. The minimum Gasteiger partial charge on any atom is -0.494 e. The van der Waals surface area contributed by atoms with Gasteiger partial charge in [-0.2, -0.15) is 0 Å². The molecule has 0 fully saturated rings. The first-order valence-corrected chi connectivity index (χ1v) is 30.9. The summed E-state index contributed by atoms with van der Waals surface area (Å²) >= 11 is 0. The zero-order chi connectivity index (χ0) is 59.6. The largest absolute Gasteiger partial charge is 0.494 e. The maximum atomic E-state index is 7.12. The molecule has 23 rings (SSSR count). The number of nitrogens with two attached hydrogens (primary N) is 2. The van der Waals surface area contributed by atoms with Crippen LogP contribution < -0.4 is 30.4 Å². The molecule has 0 spiro atoms. The fourth-order valence-electron chi connectivity index (χ4n) is 11.3. The zero-order valence-electron chi connectivity index (χ0n) is 51.1. The molecular formula is C80H82N2O4. The van der Waals surface area contributed by atoms with Crippen LogP contribution in [0.1, 0.15) is 104 Å². The second-order valence-electron chi connectivity index (χ2n) is 25.1. The summed E-state index contributed by atoms with van der Waals surface area (Å²) in [6.07, 6.45) is 8.29. The molecule has 436 valence electrons. The van der Waals surface area contributed by atoms with Gasteiger partial charge in [-0.25, -0.2) is 0 Å². The van der Waals surface area contributed by atoms with E-state index in [0.29, 0.717) is 26.4 Å². The molecule has 6 heteroatoms. The third-order valence-electron chi connectivity index (χ3n) is 16.8. The molecule has 13 aliphatic rings. The summed E-state index contributed by atoms with van der Waals surface area (Å²) in [5.74, 6) is 3.54. The molecule has 0 saturated carbocycles. The van der Waals surface area contributed by atoms with Crippen molar-refractivity contribution >= 4 is 11.4 Å². The Bertz CT molecular complexity index is 3340. The minimum atomic E-state index is -0.0742. The Kier molecular flexibility index (Phi) is 18.1. The van der Waals surface area contributed by atoms with Crippen LogP contribution in [0.4, 0.5) is 11.4 Å². The minimum absolute atomic E-state index is 0.0742. The van der Waals surface area contributed by atoms with E-state index in [-0.39, 0.29) is 10.8 Å². The highest BCUT2D eigenvalue weighted by Crippen LogP contribution is 2.43.